The van der Waals surface area contributed by atoms with Crippen LogP contribution in [-0.4, -0.2) is 83.2 Å². The van der Waals surface area contributed by atoms with Gasteiger partial charge in [-0.3, -0.25) is 19.1 Å². The van der Waals surface area contributed by atoms with E-state index in [2.05, 4.69) is 20.3 Å². The van der Waals surface area contributed by atoms with Crippen LogP contribution in [0.1, 0.15) is 78.6 Å². The van der Waals surface area contributed by atoms with Crippen LogP contribution < -0.4 is 20.1 Å². The summed E-state index contributed by atoms with van der Waals surface area (Å²) in [6.45, 7) is 4.98. The highest BCUT2D eigenvalue weighted by atomic mass is 32.2. The van der Waals surface area contributed by atoms with E-state index < -0.39 is 80.2 Å². The molecule has 16 heteroatoms. The molecule has 2 saturated carbocycles. The average Bonchev–Trinajstić information content (AvgIpc) is 3.90. The second kappa shape index (κ2) is 13.2. The second-order valence-electron chi connectivity index (χ2n) is 14.3. The lowest BCUT2D eigenvalue weighted by Crippen LogP contribution is -2.58. The summed E-state index contributed by atoms with van der Waals surface area (Å²) in [5, 5.41) is 4.83. The predicted octanol–water partition coefficient (Wildman–Crippen LogP) is 3.21. The van der Waals surface area contributed by atoms with E-state index >= 15 is 0 Å². The van der Waals surface area contributed by atoms with E-state index in [4.69, 9.17) is 13.9 Å². The van der Waals surface area contributed by atoms with E-state index in [1.807, 2.05) is 12.2 Å². The van der Waals surface area contributed by atoms with E-state index in [0.717, 1.165) is 12.8 Å². The fourth-order valence-electron chi connectivity index (χ4n) is 6.39. The predicted molar refractivity (Wildman–Crippen MR) is 173 cm³/mol. The fraction of sp³-hybridized carbons (Fsp3) is 0.606. The molecule has 2 aliphatic carbocycles. The minimum Gasteiger partial charge on any atom is -0.445 e. The number of fused-ring (bicyclic) bond motifs is 3. The Kier molecular flexibility index (Phi) is 9.37. The van der Waals surface area contributed by atoms with Crippen LogP contribution in [0, 0.1) is 11.7 Å². The van der Waals surface area contributed by atoms with E-state index in [1.165, 1.54) is 17.0 Å². The molecule has 0 bridgehead atoms. The van der Waals surface area contributed by atoms with Crippen molar-refractivity contribution in [3.8, 4) is 6.08 Å². The molecule has 1 aromatic heterocycles. The van der Waals surface area contributed by atoms with E-state index in [0.29, 0.717) is 25.7 Å². The van der Waals surface area contributed by atoms with E-state index in [9.17, 15) is 32.0 Å². The van der Waals surface area contributed by atoms with Gasteiger partial charge in [-0.1, -0.05) is 31.1 Å². The Morgan fingerprint density at radius 1 is 1.14 bits per heavy atom. The second-order valence-corrected chi connectivity index (χ2v) is 16.2. The standard InChI is InChI=1S/C33H42FN5O9S/c1-32(2,3)48-30(43)35-24-12-8-6-4-5-7-10-19-17-33(19,29(42)38-49(44,45)21-14-15-21)37-27(40)25-16-20(18-39(25)28(24)41)46-31-36-23-13-9-11-22(34)26(23)47-31/h7,9-11,13,19-21,24-25H,4-6,8,12,14-18H2,1-3H3,(H,35,43)(H,37,40)(H,38,42)/b10-7-/t19-,20-,24+,25+,33-/m1/s1. The molecule has 0 spiro atoms. The van der Waals surface area contributed by atoms with Crippen molar-refractivity contribution in [2.45, 2.75) is 113 Å². The molecular formula is C33H42FN5O9S. The summed E-state index contributed by atoms with van der Waals surface area (Å²) in [7, 11) is -3.90. The van der Waals surface area contributed by atoms with Crippen LogP contribution in [0.5, 0.6) is 6.08 Å². The van der Waals surface area contributed by atoms with Crippen molar-refractivity contribution in [2.24, 2.45) is 5.92 Å². The molecule has 2 aliphatic heterocycles. The maximum absolute atomic E-state index is 14.3. The molecular weight excluding hydrogens is 661 g/mol. The van der Waals surface area contributed by atoms with Gasteiger partial charge in [-0.05, 0) is 71.4 Å². The summed E-state index contributed by atoms with van der Waals surface area (Å²) in [6.07, 6.45) is 5.93. The topological polar surface area (TPSA) is 186 Å². The van der Waals surface area contributed by atoms with Crippen LogP contribution in [-0.2, 0) is 29.1 Å². The van der Waals surface area contributed by atoms with Crippen molar-refractivity contribution in [3.63, 3.8) is 0 Å². The minimum atomic E-state index is -3.90. The Balaban J connectivity index is 1.29. The van der Waals surface area contributed by atoms with Gasteiger partial charge in [-0.2, -0.15) is 4.98 Å². The lowest BCUT2D eigenvalue weighted by atomic mass is 10.0. The van der Waals surface area contributed by atoms with Crippen molar-refractivity contribution in [1.82, 2.24) is 25.2 Å². The van der Waals surface area contributed by atoms with Gasteiger partial charge in [0.1, 0.15) is 34.8 Å². The first-order valence-corrected chi connectivity index (χ1v) is 18.3. The zero-order valence-electron chi connectivity index (χ0n) is 27.7. The monoisotopic (exact) mass is 703 g/mol. The van der Waals surface area contributed by atoms with E-state index in [1.54, 1.807) is 26.8 Å². The number of hydrogen-bond acceptors (Lipinski definition) is 10. The number of benzene rings is 1. The molecule has 4 amide bonds. The van der Waals surface area contributed by atoms with Gasteiger partial charge in [0.2, 0.25) is 21.8 Å². The molecule has 2 aromatic rings. The number of allylic oxidation sites excluding steroid dienone is 1. The molecule has 49 heavy (non-hydrogen) atoms. The fourth-order valence-corrected chi connectivity index (χ4v) is 7.75. The number of ether oxygens (including phenoxy) is 2. The summed E-state index contributed by atoms with van der Waals surface area (Å²) < 4.78 is 58.8. The quantitative estimate of drug-likeness (QED) is 0.377. The Morgan fingerprint density at radius 3 is 2.63 bits per heavy atom. The Hall–Kier alpha value is -4.21. The maximum Gasteiger partial charge on any atom is 0.408 e. The molecule has 0 radical (unpaired) electrons. The number of halogens is 1. The summed E-state index contributed by atoms with van der Waals surface area (Å²) in [5.74, 6) is -3.16. The first-order valence-electron chi connectivity index (χ1n) is 16.7. The van der Waals surface area contributed by atoms with Crippen molar-refractivity contribution >= 4 is 44.9 Å². The van der Waals surface area contributed by atoms with Gasteiger partial charge < -0.3 is 29.4 Å². The molecule has 5 atom stereocenters. The van der Waals surface area contributed by atoms with Crippen LogP contribution in [0.3, 0.4) is 0 Å². The number of aromatic nitrogens is 1. The first kappa shape index (κ1) is 34.6. The minimum absolute atomic E-state index is 0.0590. The molecule has 6 rings (SSSR count). The average molecular weight is 704 g/mol. The summed E-state index contributed by atoms with van der Waals surface area (Å²) >= 11 is 0. The smallest absolute Gasteiger partial charge is 0.408 e. The van der Waals surface area contributed by atoms with Crippen LogP contribution in [0.4, 0.5) is 9.18 Å². The third-order valence-corrected chi connectivity index (χ3v) is 11.0. The number of amides is 4. The van der Waals surface area contributed by atoms with Gasteiger partial charge >= 0.3 is 12.2 Å². The lowest BCUT2D eigenvalue weighted by Gasteiger charge is -2.30. The van der Waals surface area contributed by atoms with Crippen molar-refractivity contribution in [1.29, 1.82) is 0 Å². The zero-order chi connectivity index (χ0) is 35.1. The molecule has 0 unspecified atom stereocenters. The molecule has 266 valence electrons. The molecule has 1 saturated heterocycles. The number of nitrogens with zero attached hydrogens (tertiary/aromatic N) is 2. The maximum atomic E-state index is 14.3. The molecule has 1 aromatic carbocycles. The van der Waals surface area contributed by atoms with Gasteiger partial charge in [0.05, 0.1) is 11.8 Å². The number of hydrogen-bond donors (Lipinski definition) is 3. The number of nitrogens with one attached hydrogen (secondary N) is 3. The van der Waals surface area contributed by atoms with Crippen LogP contribution in [0.15, 0.2) is 34.8 Å². The third-order valence-electron chi connectivity index (χ3n) is 9.15. The number of para-hydroxylation sites is 1. The van der Waals surface area contributed by atoms with Gasteiger partial charge in [0.15, 0.2) is 11.4 Å². The van der Waals surface area contributed by atoms with Crippen molar-refractivity contribution < 1.29 is 45.9 Å². The number of rotatable bonds is 6. The number of carbonyl (C=O) groups is 4. The number of alkyl carbamates (subject to hydrolysis) is 1. The molecule has 4 aliphatic rings. The van der Waals surface area contributed by atoms with Crippen LogP contribution in [0.2, 0.25) is 0 Å². The van der Waals surface area contributed by atoms with Gasteiger partial charge in [0.25, 0.3) is 5.91 Å². The third kappa shape index (κ3) is 7.84. The Labute approximate surface area is 283 Å². The zero-order valence-corrected chi connectivity index (χ0v) is 28.5. The van der Waals surface area contributed by atoms with Gasteiger partial charge in [0, 0.05) is 12.3 Å². The highest BCUT2D eigenvalue weighted by Gasteiger charge is 2.62. The van der Waals surface area contributed by atoms with Gasteiger partial charge in [-0.25, -0.2) is 17.6 Å². The SMILES string of the molecule is CC(C)(C)OC(=O)N[C@H]1CCCCC/C=C\[C@@H]2C[C@@]2(C(=O)NS(=O)(=O)C2CC2)NC(=O)[C@@H]2C[C@@H](Oc3nc4cccc(F)c4o3)CN2C1=O. The lowest BCUT2D eigenvalue weighted by molar-refractivity contribution is -0.141. The number of carbonyl (C=O) groups excluding carboxylic acids is 4. The molecule has 3 fully saturated rings. The molecule has 3 heterocycles. The van der Waals surface area contributed by atoms with E-state index in [-0.39, 0.29) is 43.0 Å². The molecule has 3 N–H and O–H groups in total. The largest absolute Gasteiger partial charge is 0.445 e. The summed E-state index contributed by atoms with van der Waals surface area (Å²) in [6, 6.07) is 2.01. The highest BCUT2D eigenvalue weighted by Crippen LogP contribution is 2.46. The normalized spacial score (nSPS) is 28.7. The van der Waals surface area contributed by atoms with Gasteiger partial charge in [-0.15, -0.1) is 0 Å². The Bertz CT molecular complexity index is 1770. The highest BCUT2D eigenvalue weighted by molar-refractivity contribution is 7.91. The Morgan fingerprint density at radius 2 is 1.92 bits per heavy atom. The number of sulfonamides is 1. The first-order chi connectivity index (χ1) is 23.1. The summed E-state index contributed by atoms with van der Waals surface area (Å²) in [5.41, 5.74) is -2.24. The van der Waals surface area contributed by atoms with Crippen LogP contribution >= 0.6 is 0 Å². The van der Waals surface area contributed by atoms with Crippen molar-refractivity contribution in [2.75, 3.05) is 6.54 Å². The molecule has 14 nitrogen and oxygen atoms in total. The van der Waals surface area contributed by atoms with Crippen molar-refractivity contribution in [3.05, 3.63) is 36.2 Å². The van der Waals surface area contributed by atoms with Crippen LogP contribution in [0.25, 0.3) is 11.1 Å². The summed E-state index contributed by atoms with van der Waals surface area (Å²) in [4.78, 5) is 60.2. The number of oxazole rings is 1.